The maximum Gasteiger partial charge on any atom is 0.292 e. The van der Waals surface area contributed by atoms with Crippen LogP contribution in [0.2, 0.25) is 0 Å². The SMILES string of the molecule is CC(C)n1cnnc1-c1cccc(NC(=O)c2nc3cccc(Br)c3[nH]2)n1. The lowest BCUT2D eigenvalue weighted by molar-refractivity contribution is 0.101. The number of aromatic amines is 1. The quantitative estimate of drug-likeness (QED) is 0.517. The number of carbonyl (C=O) groups is 1. The molecule has 2 N–H and O–H groups in total. The molecular formula is C18H16BrN7O. The van der Waals surface area contributed by atoms with Crippen molar-refractivity contribution >= 4 is 38.7 Å². The van der Waals surface area contributed by atoms with Crippen molar-refractivity contribution in [3.8, 4) is 11.5 Å². The molecule has 0 unspecified atom stereocenters. The van der Waals surface area contributed by atoms with Crippen molar-refractivity contribution in [2.45, 2.75) is 19.9 Å². The van der Waals surface area contributed by atoms with Gasteiger partial charge < -0.3 is 14.9 Å². The normalized spacial score (nSPS) is 11.3. The molecule has 0 aliphatic rings. The van der Waals surface area contributed by atoms with Crippen LogP contribution in [-0.4, -0.2) is 35.6 Å². The molecule has 136 valence electrons. The minimum atomic E-state index is -0.368. The van der Waals surface area contributed by atoms with E-state index >= 15 is 0 Å². The fourth-order valence-electron chi connectivity index (χ4n) is 2.71. The van der Waals surface area contributed by atoms with E-state index < -0.39 is 0 Å². The van der Waals surface area contributed by atoms with E-state index in [2.05, 4.69) is 46.4 Å². The number of fused-ring (bicyclic) bond motifs is 1. The second kappa shape index (κ2) is 6.92. The third-order valence-corrected chi connectivity index (χ3v) is 4.69. The summed E-state index contributed by atoms with van der Waals surface area (Å²) >= 11 is 3.45. The molecule has 3 heterocycles. The molecule has 9 heteroatoms. The lowest BCUT2D eigenvalue weighted by atomic mass is 10.3. The monoisotopic (exact) mass is 425 g/mol. The van der Waals surface area contributed by atoms with Crippen LogP contribution in [0.4, 0.5) is 5.82 Å². The predicted octanol–water partition coefficient (Wildman–Crippen LogP) is 3.81. The minimum Gasteiger partial charge on any atom is -0.333 e. The molecule has 0 saturated heterocycles. The highest BCUT2D eigenvalue weighted by atomic mass is 79.9. The van der Waals surface area contributed by atoms with Crippen molar-refractivity contribution in [2.24, 2.45) is 0 Å². The van der Waals surface area contributed by atoms with E-state index in [0.717, 1.165) is 9.99 Å². The summed E-state index contributed by atoms with van der Waals surface area (Å²) < 4.78 is 2.77. The number of amides is 1. The molecule has 4 rings (SSSR count). The van der Waals surface area contributed by atoms with Gasteiger partial charge in [-0.1, -0.05) is 12.1 Å². The van der Waals surface area contributed by atoms with Crippen LogP contribution < -0.4 is 5.32 Å². The number of nitrogens with one attached hydrogen (secondary N) is 2. The molecule has 1 aromatic carbocycles. The minimum absolute atomic E-state index is 0.198. The average molecular weight is 426 g/mol. The Kier molecular flexibility index (Phi) is 4.44. The van der Waals surface area contributed by atoms with Crippen molar-refractivity contribution < 1.29 is 4.79 Å². The zero-order valence-electron chi connectivity index (χ0n) is 14.6. The van der Waals surface area contributed by atoms with Crippen molar-refractivity contribution in [3.63, 3.8) is 0 Å². The van der Waals surface area contributed by atoms with E-state index in [1.807, 2.05) is 48.7 Å². The highest BCUT2D eigenvalue weighted by Gasteiger charge is 2.15. The van der Waals surface area contributed by atoms with Gasteiger partial charge in [0, 0.05) is 10.5 Å². The van der Waals surface area contributed by atoms with Gasteiger partial charge in [-0.3, -0.25) is 4.79 Å². The number of nitrogens with zero attached hydrogens (tertiary/aromatic N) is 5. The second-order valence-corrected chi connectivity index (χ2v) is 7.09. The van der Waals surface area contributed by atoms with Crippen molar-refractivity contribution in [1.82, 2.24) is 29.7 Å². The Balaban J connectivity index is 1.61. The Labute approximate surface area is 163 Å². The van der Waals surface area contributed by atoms with Crippen molar-refractivity contribution in [3.05, 3.63) is 53.0 Å². The van der Waals surface area contributed by atoms with E-state index in [1.165, 1.54) is 0 Å². The highest BCUT2D eigenvalue weighted by molar-refractivity contribution is 9.10. The van der Waals surface area contributed by atoms with Crippen LogP contribution in [0.25, 0.3) is 22.6 Å². The molecule has 0 fully saturated rings. The van der Waals surface area contributed by atoms with Crippen molar-refractivity contribution in [2.75, 3.05) is 5.32 Å². The Morgan fingerprint density at radius 2 is 2.00 bits per heavy atom. The lowest BCUT2D eigenvalue weighted by Crippen LogP contribution is -2.15. The summed E-state index contributed by atoms with van der Waals surface area (Å²) in [5.74, 6) is 0.909. The molecule has 3 aromatic heterocycles. The van der Waals surface area contributed by atoms with E-state index in [1.54, 1.807) is 12.4 Å². The van der Waals surface area contributed by atoms with Gasteiger partial charge >= 0.3 is 0 Å². The molecule has 1 amide bonds. The fourth-order valence-corrected chi connectivity index (χ4v) is 3.17. The first-order valence-electron chi connectivity index (χ1n) is 8.35. The predicted molar refractivity (Wildman–Crippen MR) is 105 cm³/mol. The highest BCUT2D eigenvalue weighted by Crippen LogP contribution is 2.22. The van der Waals surface area contributed by atoms with E-state index in [4.69, 9.17) is 0 Å². The molecule has 0 atom stereocenters. The maximum atomic E-state index is 12.6. The van der Waals surface area contributed by atoms with Gasteiger partial charge in [-0.15, -0.1) is 10.2 Å². The fraction of sp³-hybridized carbons (Fsp3) is 0.167. The zero-order valence-corrected chi connectivity index (χ0v) is 16.2. The summed E-state index contributed by atoms with van der Waals surface area (Å²) in [7, 11) is 0. The topological polar surface area (TPSA) is 101 Å². The molecule has 0 saturated carbocycles. The number of anilines is 1. The first-order chi connectivity index (χ1) is 13.0. The van der Waals surface area contributed by atoms with E-state index in [-0.39, 0.29) is 17.8 Å². The Morgan fingerprint density at radius 3 is 2.78 bits per heavy atom. The third-order valence-electron chi connectivity index (χ3n) is 4.03. The van der Waals surface area contributed by atoms with Crippen LogP contribution in [-0.2, 0) is 0 Å². The van der Waals surface area contributed by atoms with Gasteiger partial charge in [0.05, 0.1) is 11.0 Å². The molecule has 0 aliphatic carbocycles. The van der Waals surface area contributed by atoms with Crippen LogP contribution in [0.15, 0.2) is 47.2 Å². The first-order valence-corrected chi connectivity index (χ1v) is 9.15. The number of hydrogen-bond acceptors (Lipinski definition) is 5. The van der Waals surface area contributed by atoms with Gasteiger partial charge in [0.15, 0.2) is 11.6 Å². The summed E-state index contributed by atoms with van der Waals surface area (Å²) in [4.78, 5) is 24.4. The third kappa shape index (κ3) is 3.33. The first kappa shape index (κ1) is 17.3. The zero-order chi connectivity index (χ0) is 19.0. The Morgan fingerprint density at radius 1 is 1.19 bits per heavy atom. The average Bonchev–Trinajstić information content (AvgIpc) is 3.30. The summed E-state index contributed by atoms with van der Waals surface area (Å²) in [6.07, 6.45) is 1.67. The number of hydrogen-bond donors (Lipinski definition) is 2. The molecule has 0 radical (unpaired) electrons. The van der Waals surface area contributed by atoms with Crippen molar-refractivity contribution in [1.29, 1.82) is 0 Å². The molecule has 0 spiro atoms. The summed E-state index contributed by atoms with van der Waals surface area (Å²) in [5, 5.41) is 10.9. The van der Waals surface area contributed by atoms with Gasteiger partial charge in [0.25, 0.3) is 5.91 Å². The summed E-state index contributed by atoms with van der Waals surface area (Å²) in [5.41, 5.74) is 2.11. The molecule has 0 bridgehead atoms. The molecule has 4 aromatic rings. The number of rotatable bonds is 4. The number of imidazole rings is 1. The van der Waals surface area contributed by atoms with Gasteiger partial charge in [-0.2, -0.15) is 0 Å². The largest absolute Gasteiger partial charge is 0.333 e. The van der Waals surface area contributed by atoms with Crippen LogP contribution >= 0.6 is 15.9 Å². The number of H-pyrrole nitrogens is 1. The van der Waals surface area contributed by atoms with Gasteiger partial charge in [0.1, 0.15) is 17.8 Å². The Hall–Kier alpha value is -3.07. The number of aromatic nitrogens is 6. The van der Waals surface area contributed by atoms with Gasteiger partial charge in [-0.05, 0) is 54.0 Å². The number of carbonyl (C=O) groups excluding carboxylic acids is 1. The summed E-state index contributed by atoms with van der Waals surface area (Å²) in [6, 6.07) is 11.1. The number of benzene rings is 1. The van der Waals surface area contributed by atoms with E-state index in [0.29, 0.717) is 22.9 Å². The Bertz CT molecular complexity index is 1130. The van der Waals surface area contributed by atoms with Gasteiger partial charge in [-0.25, -0.2) is 9.97 Å². The van der Waals surface area contributed by atoms with E-state index in [9.17, 15) is 4.79 Å². The molecule has 8 nitrogen and oxygen atoms in total. The van der Waals surface area contributed by atoms with Crippen LogP contribution in [0.5, 0.6) is 0 Å². The second-order valence-electron chi connectivity index (χ2n) is 6.24. The lowest BCUT2D eigenvalue weighted by Gasteiger charge is -2.10. The molecule has 27 heavy (non-hydrogen) atoms. The van der Waals surface area contributed by atoms with Crippen LogP contribution in [0.3, 0.4) is 0 Å². The van der Waals surface area contributed by atoms with Gasteiger partial charge in [0.2, 0.25) is 0 Å². The number of para-hydroxylation sites is 1. The smallest absolute Gasteiger partial charge is 0.292 e. The number of halogens is 1. The molecular weight excluding hydrogens is 410 g/mol. The maximum absolute atomic E-state index is 12.6. The van der Waals surface area contributed by atoms with Crippen LogP contribution in [0.1, 0.15) is 30.5 Å². The summed E-state index contributed by atoms with van der Waals surface area (Å²) in [6.45, 7) is 4.08. The number of pyridine rings is 1. The molecule has 0 aliphatic heterocycles. The van der Waals surface area contributed by atoms with Crippen LogP contribution in [0, 0.1) is 0 Å². The standard InChI is InChI=1S/C18H16BrN7O/c1-10(2)26-9-20-25-17(26)13-7-4-8-14(21-13)23-18(27)16-22-12-6-3-5-11(19)15(12)24-16/h3-10H,1-2H3,(H,22,24)(H,21,23,27).